The van der Waals surface area contributed by atoms with Gasteiger partial charge in [-0.1, -0.05) is 26.0 Å². The van der Waals surface area contributed by atoms with Gasteiger partial charge in [0.2, 0.25) is 6.29 Å². The highest BCUT2D eigenvalue weighted by molar-refractivity contribution is 6.02. The number of Topliss-reactive ketones (excluding diaryl/α,β-unsaturated/α-hetero) is 1. The Morgan fingerprint density at radius 3 is 2.23 bits per heavy atom. The maximum atomic E-state index is 13.5. The van der Waals surface area contributed by atoms with Gasteiger partial charge in [-0.15, -0.1) is 0 Å². The Balaban J connectivity index is 1.67. The van der Waals surface area contributed by atoms with E-state index in [2.05, 4.69) is 0 Å². The van der Waals surface area contributed by atoms with E-state index >= 15 is 0 Å². The van der Waals surface area contributed by atoms with Crippen molar-refractivity contribution in [3.05, 3.63) is 47.0 Å². The minimum absolute atomic E-state index is 0.0103. The minimum Gasteiger partial charge on any atom is -0.508 e. The number of nitrogens with zero attached hydrogens (tertiary/aromatic N) is 1. The van der Waals surface area contributed by atoms with E-state index in [1.165, 1.54) is 18.2 Å². The van der Waals surface area contributed by atoms with Gasteiger partial charge in [-0.2, -0.15) is 0 Å². The first-order valence-corrected chi connectivity index (χ1v) is 13.7. The van der Waals surface area contributed by atoms with Crippen molar-refractivity contribution < 1.29 is 50.0 Å². The number of hydrogen-bond acceptors (Lipinski definition) is 11. The molecular weight excluding hydrogens is 522 g/mol. The first-order chi connectivity index (χ1) is 19.0. The molecule has 1 saturated carbocycles. The van der Waals surface area contributed by atoms with Gasteiger partial charge >= 0.3 is 0 Å². The van der Waals surface area contributed by atoms with Gasteiger partial charge in [0.1, 0.15) is 52.5 Å². The summed E-state index contributed by atoms with van der Waals surface area (Å²) in [5.74, 6) is -1.48. The molecule has 3 unspecified atom stereocenters. The standard InChI is InChI=1S/C29H39NO10/c1-3-11-30(12-4-2)15-18-20(33)13-21(39-28-26(37)25(36)27(38)29(40-28)14-22(29)34)23(24(18)35)19(32)10-7-16-5-8-17(31)9-6-16/h5-6,8-9,13,22,25-28,31,33-38H,3-4,7,10-12,14-15H2,1-2H3/t22?,25?,26-,27+,28-,29?/m1/s1. The Morgan fingerprint density at radius 2 is 1.65 bits per heavy atom. The maximum Gasteiger partial charge on any atom is 0.229 e. The number of benzene rings is 2. The summed E-state index contributed by atoms with van der Waals surface area (Å²) in [6.07, 6.45) is -5.77. The second kappa shape index (κ2) is 12.3. The average molecular weight is 562 g/mol. The van der Waals surface area contributed by atoms with Crippen LogP contribution in [0.15, 0.2) is 30.3 Å². The minimum atomic E-state index is -1.75. The topological polar surface area (TPSA) is 180 Å². The molecule has 1 aliphatic heterocycles. The van der Waals surface area contributed by atoms with Gasteiger partial charge in [-0.3, -0.25) is 9.69 Å². The molecule has 220 valence electrons. The van der Waals surface area contributed by atoms with Crippen LogP contribution in [0.25, 0.3) is 0 Å². The zero-order valence-electron chi connectivity index (χ0n) is 22.7. The van der Waals surface area contributed by atoms with Gasteiger partial charge in [-0.05, 0) is 50.0 Å². The highest BCUT2D eigenvalue weighted by atomic mass is 16.7. The number of ketones is 1. The van der Waals surface area contributed by atoms with Gasteiger partial charge in [0, 0.05) is 25.5 Å². The average Bonchev–Trinajstić information content (AvgIpc) is 3.57. The number of aromatic hydroxyl groups is 3. The molecule has 0 radical (unpaired) electrons. The molecule has 0 aromatic heterocycles. The molecule has 11 nitrogen and oxygen atoms in total. The summed E-state index contributed by atoms with van der Waals surface area (Å²) in [6, 6.07) is 7.53. The van der Waals surface area contributed by atoms with Crippen LogP contribution >= 0.6 is 0 Å². The summed E-state index contributed by atoms with van der Waals surface area (Å²) in [7, 11) is 0. The van der Waals surface area contributed by atoms with E-state index in [1.807, 2.05) is 18.7 Å². The highest BCUT2D eigenvalue weighted by Crippen LogP contribution is 2.49. The number of hydrogen-bond donors (Lipinski definition) is 7. The number of phenolic OH excluding ortho intramolecular Hbond substituents is 3. The van der Waals surface area contributed by atoms with Crippen LogP contribution in [0.3, 0.4) is 0 Å². The van der Waals surface area contributed by atoms with Gasteiger partial charge in [0.05, 0.1) is 11.7 Å². The zero-order chi connectivity index (χ0) is 29.2. The van der Waals surface area contributed by atoms with E-state index in [0.717, 1.165) is 18.4 Å². The third-order valence-electron chi connectivity index (χ3n) is 7.61. The molecule has 40 heavy (non-hydrogen) atoms. The Bertz CT molecular complexity index is 1180. The summed E-state index contributed by atoms with van der Waals surface area (Å²) in [5.41, 5.74) is -0.827. The Labute approximate surface area is 232 Å². The van der Waals surface area contributed by atoms with Crippen molar-refractivity contribution in [2.75, 3.05) is 13.1 Å². The molecule has 0 amide bonds. The number of aryl methyl sites for hydroxylation is 1. The molecular formula is C29H39NO10. The van der Waals surface area contributed by atoms with Crippen molar-refractivity contribution in [1.29, 1.82) is 0 Å². The molecule has 2 fully saturated rings. The van der Waals surface area contributed by atoms with E-state index in [1.54, 1.807) is 12.1 Å². The van der Waals surface area contributed by atoms with Crippen LogP contribution in [0, 0.1) is 0 Å². The number of aliphatic hydroxyl groups excluding tert-OH is 4. The summed E-state index contributed by atoms with van der Waals surface area (Å²) in [4.78, 5) is 15.6. The molecule has 0 bridgehead atoms. The van der Waals surface area contributed by atoms with E-state index in [-0.39, 0.29) is 54.2 Å². The molecule has 7 N–H and O–H groups in total. The lowest BCUT2D eigenvalue weighted by atomic mass is 9.96. The highest BCUT2D eigenvalue weighted by Gasteiger charge is 2.68. The fourth-order valence-corrected chi connectivity index (χ4v) is 5.26. The Hall–Kier alpha value is -2.93. The fraction of sp³-hybridized carbons (Fsp3) is 0.552. The first kappa shape index (κ1) is 30.0. The number of ether oxygens (including phenoxy) is 2. The number of phenols is 3. The van der Waals surface area contributed by atoms with Gasteiger partial charge in [0.25, 0.3) is 0 Å². The third-order valence-corrected chi connectivity index (χ3v) is 7.61. The number of carbonyl (C=O) groups is 1. The smallest absolute Gasteiger partial charge is 0.229 e. The zero-order valence-corrected chi connectivity index (χ0v) is 22.7. The van der Waals surface area contributed by atoms with Crippen LogP contribution in [0.5, 0.6) is 23.0 Å². The molecule has 6 atom stereocenters. The molecule has 2 aromatic carbocycles. The van der Waals surface area contributed by atoms with Crippen molar-refractivity contribution in [3.63, 3.8) is 0 Å². The van der Waals surface area contributed by atoms with Crippen molar-refractivity contribution in [1.82, 2.24) is 4.90 Å². The van der Waals surface area contributed by atoms with E-state index in [0.29, 0.717) is 13.1 Å². The number of aliphatic hydroxyl groups is 4. The van der Waals surface area contributed by atoms with E-state index in [9.17, 15) is 40.5 Å². The molecule has 2 aromatic rings. The molecule has 11 heteroatoms. The largest absolute Gasteiger partial charge is 0.508 e. The number of carbonyl (C=O) groups excluding carboxylic acids is 1. The molecule has 4 rings (SSSR count). The molecule has 2 aliphatic rings. The monoisotopic (exact) mass is 561 g/mol. The van der Waals surface area contributed by atoms with Crippen LogP contribution in [0.2, 0.25) is 0 Å². The lowest BCUT2D eigenvalue weighted by Crippen LogP contribution is -2.61. The van der Waals surface area contributed by atoms with Gasteiger partial charge < -0.3 is 45.2 Å². The second-order valence-electron chi connectivity index (χ2n) is 10.7. The van der Waals surface area contributed by atoms with Gasteiger partial charge in [0.15, 0.2) is 5.78 Å². The van der Waals surface area contributed by atoms with Gasteiger partial charge in [-0.25, -0.2) is 0 Å². The summed E-state index contributed by atoms with van der Waals surface area (Å²) < 4.78 is 11.5. The third kappa shape index (κ3) is 6.04. The quantitative estimate of drug-likeness (QED) is 0.187. The fourth-order valence-electron chi connectivity index (χ4n) is 5.26. The van der Waals surface area contributed by atoms with Crippen molar-refractivity contribution in [3.8, 4) is 23.0 Å². The van der Waals surface area contributed by atoms with Crippen molar-refractivity contribution in [2.24, 2.45) is 0 Å². The first-order valence-electron chi connectivity index (χ1n) is 13.7. The lowest BCUT2D eigenvalue weighted by Gasteiger charge is -2.41. The molecule has 1 aliphatic carbocycles. The van der Waals surface area contributed by atoms with Crippen molar-refractivity contribution in [2.45, 2.75) is 88.8 Å². The molecule has 1 spiro atoms. The summed E-state index contributed by atoms with van der Waals surface area (Å²) in [5, 5.41) is 73.1. The Morgan fingerprint density at radius 1 is 1.02 bits per heavy atom. The van der Waals surface area contributed by atoms with E-state index < -0.39 is 47.8 Å². The second-order valence-corrected chi connectivity index (χ2v) is 10.7. The maximum absolute atomic E-state index is 13.5. The predicted molar refractivity (Wildman–Crippen MR) is 143 cm³/mol. The van der Waals surface area contributed by atoms with E-state index in [4.69, 9.17) is 9.47 Å². The molecule has 1 heterocycles. The summed E-state index contributed by atoms with van der Waals surface area (Å²) >= 11 is 0. The number of rotatable bonds is 12. The van der Waals surface area contributed by atoms with Crippen LogP contribution in [0.1, 0.15) is 61.0 Å². The van der Waals surface area contributed by atoms with Crippen LogP contribution < -0.4 is 4.74 Å². The van der Waals surface area contributed by atoms with Crippen LogP contribution in [-0.2, 0) is 17.7 Å². The Kier molecular flexibility index (Phi) is 9.23. The molecule has 1 saturated heterocycles. The lowest BCUT2D eigenvalue weighted by molar-refractivity contribution is -0.289. The van der Waals surface area contributed by atoms with Crippen molar-refractivity contribution >= 4 is 5.78 Å². The SMILES string of the molecule is CCCN(CCC)Cc1c(O)cc(O[C@@H]2OC3(CC3O)[C@@H](O)C(O)[C@H]2O)c(C(=O)CCc2ccc(O)cc2)c1O. The summed E-state index contributed by atoms with van der Waals surface area (Å²) in [6.45, 7) is 5.63. The normalized spacial score (nSPS) is 27.7. The van der Waals surface area contributed by atoms with Crippen LogP contribution in [0.4, 0.5) is 0 Å². The van der Waals surface area contributed by atoms with Crippen LogP contribution in [-0.4, -0.2) is 95.8 Å². The predicted octanol–water partition coefficient (Wildman–Crippen LogP) is 1.56.